The molecule has 0 saturated heterocycles. The van der Waals surface area contributed by atoms with Crippen LogP contribution in [0.4, 0.5) is 0 Å². The predicted molar refractivity (Wildman–Crippen MR) is 43.5 cm³/mol. The van der Waals surface area contributed by atoms with Crippen molar-refractivity contribution in [2.24, 2.45) is 0 Å². The van der Waals surface area contributed by atoms with Gasteiger partial charge in [0.2, 0.25) is 0 Å². The largest absolute Gasteiger partial charge is 0.495 e. The fourth-order valence-corrected chi connectivity index (χ4v) is 1.31. The molecule has 11 heavy (non-hydrogen) atoms. The van der Waals surface area contributed by atoms with Crippen molar-refractivity contribution in [2.45, 2.75) is 6.42 Å². The number of aromatic nitrogens is 1. The van der Waals surface area contributed by atoms with Gasteiger partial charge in [0.05, 0.1) is 13.3 Å². The molecular formula is C9H9NO. The molecule has 1 heterocycles. The minimum absolute atomic E-state index is 0.872. The van der Waals surface area contributed by atoms with E-state index in [9.17, 15) is 0 Å². The monoisotopic (exact) mass is 147 g/mol. The first-order valence-corrected chi connectivity index (χ1v) is 3.59. The summed E-state index contributed by atoms with van der Waals surface area (Å²) in [6, 6.07) is 0. The first kappa shape index (κ1) is 6.40. The average Bonchev–Trinajstić information content (AvgIpc) is 2.50. The summed E-state index contributed by atoms with van der Waals surface area (Å²) in [4.78, 5) is 4.06. The first-order chi connectivity index (χ1) is 5.42. The molecule has 56 valence electrons. The van der Waals surface area contributed by atoms with Crippen LogP contribution >= 0.6 is 0 Å². The van der Waals surface area contributed by atoms with Crippen molar-refractivity contribution in [2.75, 3.05) is 7.11 Å². The van der Waals surface area contributed by atoms with E-state index in [1.807, 2.05) is 6.20 Å². The van der Waals surface area contributed by atoms with Crippen molar-refractivity contribution >= 4 is 6.08 Å². The number of nitrogens with zero attached hydrogens (tertiary/aromatic N) is 1. The molecule has 0 bridgehead atoms. The number of fused-ring (bicyclic) bond motifs is 1. The maximum absolute atomic E-state index is 5.14. The van der Waals surface area contributed by atoms with Crippen LogP contribution in [0.5, 0.6) is 5.75 Å². The van der Waals surface area contributed by atoms with Crippen LogP contribution in [-0.2, 0) is 6.42 Å². The van der Waals surface area contributed by atoms with E-state index >= 15 is 0 Å². The SMILES string of the molecule is COc1cncc2c1C=CC2. The molecular weight excluding hydrogens is 138 g/mol. The molecule has 0 atom stereocenters. The number of hydrogen-bond acceptors (Lipinski definition) is 2. The van der Waals surface area contributed by atoms with Crippen LogP contribution in [0.2, 0.25) is 0 Å². The zero-order chi connectivity index (χ0) is 7.68. The Balaban J connectivity index is 2.57. The van der Waals surface area contributed by atoms with Gasteiger partial charge in [0.25, 0.3) is 0 Å². The van der Waals surface area contributed by atoms with E-state index in [4.69, 9.17) is 4.74 Å². The van der Waals surface area contributed by atoms with Crippen LogP contribution in [0.1, 0.15) is 11.1 Å². The second-order valence-corrected chi connectivity index (χ2v) is 2.52. The molecule has 0 radical (unpaired) electrons. The van der Waals surface area contributed by atoms with Gasteiger partial charge in [-0.05, 0) is 12.0 Å². The Hall–Kier alpha value is -1.31. The summed E-state index contributed by atoms with van der Waals surface area (Å²) in [7, 11) is 1.67. The molecule has 1 aromatic rings. The van der Waals surface area contributed by atoms with Crippen molar-refractivity contribution in [1.82, 2.24) is 4.98 Å². The highest BCUT2D eigenvalue weighted by Crippen LogP contribution is 2.26. The molecule has 2 heteroatoms. The molecule has 0 spiro atoms. The van der Waals surface area contributed by atoms with E-state index in [1.165, 1.54) is 11.1 Å². The molecule has 0 fully saturated rings. The second-order valence-electron chi connectivity index (χ2n) is 2.52. The third-order valence-corrected chi connectivity index (χ3v) is 1.88. The molecule has 0 N–H and O–H groups in total. The zero-order valence-electron chi connectivity index (χ0n) is 6.37. The number of pyridine rings is 1. The highest BCUT2D eigenvalue weighted by molar-refractivity contribution is 5.64. The number of allylic oxidation sites excluding steroid dienone is 1. The lowest BCUT2D eigenvalue weighted by Gasteiger charge is -2.03. The Morgan fingerprint density at radius 1 is 1.45 bits per heavy atom. The van der Waals surface area contributed by atoms with Gasteiger partial charge in [0, 0.05) is 11.8 Å². The van der Waals surface area contributed by atoms with Crippen LogP contribution in [0.3, 0.4) is 0 Å². The maximum Gasteiger partial charge on any atom is 0.144 e. The smallest absolute Gasteiger partial charge is 0.144 e. The van der Waals surface area contributed by atoms with Gasteiger partial charge in [-0.1, -0.05) is 12.2 Å². The molecule has 2 nitrogen and oxygen atoms in total. The maximum atomic E-state index is 5.14. The Morgan fingerprint density at radius 2 is 2.36 bits per heavy atom. The van der Waals surface area contributed by atoms with Crippen molar-refractivity contribution < 1.29 is 4.74 Å². The van der Waals surface area contributed by atoms with E-state index in [-0.39, 0.29) is 0 Å². The summed E-state index contributed by atoms with van der Waals surface area (Å²) >= 11 is 0. The van der Waals surface area contributed by atoms with Gasteiger partial charge in [-0.15, -0.1) is 0 Å². The molecule has 0 unspecified atom stereocenters. The van der Waals surface area contributed by atoms with E-state index in [0.717, 1.165) is 12.2 Å². The van der Waals surface area contributed by atoms with Gasteiger partial charge in [-0.3, -0.25) is 4.98 Å². The molecule has 0 saturated carbocycles. The Morgan fingerprint density at radius 3 is 3.18 bits per heavy atom. The number of ether oxygens (including phenoxy) is 1. The minimum Gasteiger partial charge on any atom is -0.495 e. The molecule has 1 aliphatic carbocycles. The Bertz CT molecular complexity index is 304. The highest BCUT2D eigenvalue weighted by atomic mass is 16.5. The van der Waals surface area contributed by atoms with E-state index in [2.05, 4.69) is 17.1 Å². The summed E-state index contributed by atoms with van der Waals surface area (Å²) in [6.45, 7) is 0. The van der Waals surface area contributed by atoms with Crippen LogP contribution in [-0.4, -0.2) is 12.1 Å². The van der Waals surface area contributed by atoms with Gasteiger partial charge in [-0.25, -0.2) is 0 Å². The average molecular weight is 147 g/mol. The van der Waals surface area contributed by atoms with Crippen LogP contribution in [0.15, 0.2) is 18.5 Å². The standard InChI is InChI=1S/C9H9NO/c1-11-9-6-10-5-7-3-2-4-8(7)9/h2,4-6H,3H2,1H3. The van der Waals surface area contributed by atoms with E-state index < -0.39 is 0 Å². The third kappa shape index (κ3) is 0.909. The molecule has 0 aromatic carbocycles. The van der Waals surface area contributed by atoms with Crippen LogP contribution < -0.4 is 4.74 Å². The first-order valence-electron chi connectivity index (χ1n) is 3.59. The van der Waals surface area contributed by atoms with E-state index in [0.29, 0.717) is 0 Å². The third-order valence-electron chi connectivity index (χ3n) is 1.88. The highest BCUT2D eigenvalue weighted by Gasteiger charge is 2.09. The Kier molecular flexibility index (Phi) is 1.39. The normalized spacial score (nSPS) is 13.2. The van der Waals surface area contributed by atoms with Gasteiger partial charge in [0.1, 0.15) is 5.75 Å². The second kappa shape index (κ2) is 2.38. The topological polar surface area (TPSA) is 22.1 Å². The molecule has 1 aromatic heterocycles. The lowest BCUT2D eigenvalue weighted by atomic mass is 10.2. The Labute approximate surface area is 65.5 Å². The van der Waals surface area contributed by atoms with E-state index in [1.54, 1.807) is 13.3 Å². The van der Waals surface area contributed by atoms with Gasteiger partial charge in [0.15, 0.2) is 0 Å². The van der Waals surface area contributed by atoms with Crippen LogP contribution in [0.25, 0.3) is 6.08 Å². The van der Waals surface area contributed by atoms with Crippen molar-refractivity contribution in [1.29, 1.82) is 0 Å². The fraction of sp³-hybridized carbons (Fsp3) is 0.222. The molecule has 0 amide bonds. The van der Waals surface area contributed by atoms with Gasteiger partial charge in [-0.2, -0.15) is 0 Å². The van der Waals surface area contributed by atoms with Gasteiger partial charge >= 0.3 is 0 Å². The lowest BCUT2D eigenvalue weighted by molar-refractivity contribution is 0.411. The quantitative estimate of drug-likeness (QED) is 0.602. The number of hydrogen-bond donors (Lipinski definition) is 0. The molecule has 1 aliphatic rings. The summed E-state index contributed by atoms with van der Waals surface area (Å²) < 4.78 is 5.14. The number of methoxy groups -OCH3 is 1. The molecule has 0 aliphatic heterocycles. The van der Waals surface area contributed by atoms with Crippen molar-refractivity contribution in [3.05, 3.63) is 29.6 Å². The number of rotatable bonds is 1. The molecule has 2 rings (SSSR count). The van der Waals surface area contributed by atoms with Crippen molar-refractivity contribution in [3.8, 4) is 5.75 Å². The van der Waals surface area contributed by atoms with Crippen molar-refractivity contribution in [3.63, 3.8) is 0 Å². The summed E-state index contributed by atoms with van der Waals surface area (Å²) in [6.07, 6.45) is 8.82. The lowest BCUT2D eigenvalue weighted by Crippen LogP contribution is -1.90. The minimum atomic E-state index is 0.872. The van der Waals surface area contributed by atoms with Gasteiger partial charge < -0.3 is 4.74 Å². The zero-order valence-corrected chi connectivity index (χ0v) is 6.37. The summed E-state index contributed by atoms with van der Waals surface area (Å²) in [5.74, 6) is 0.872. The predicted octanol–water partition coefficient (Wildman–Crippen LogP) is 1.66. The fourth-order valence-electron chi connectivity index (χ4n) is 1.31. The van der Waals surface area contributed by atoms with Crippen LogP contribution in [0, 0.1) is 0 Å². The summed E-state index contributed by atoms with van der Waals surface area (Å²) in [5, 5.41) is 0. The summed E-state index contributed by atoms with van der Waals surface area (Å²) in [5.41, 5.74) is 2.44.